The fraction of sp³-hybridized carbons (Fsp3) is 0.350. The maximum atomic E-state index is 13.1. The van der Waals surface area contributed by atoms with E-state index in [4.69, 9.17) is 0 Å². The first-order valence-electron chi connectivity index (χ1n) is 9.40. The molecule has 1 saturated carbocycles. The van der Waals surface area contributed by atoms with Gasteiger partial charge in [0.25, 0.3) is 5.56 Å². The lowest BCUT2D eigenvalue weighted by Gasteiger charge is -2.15. The van der Waals surface area contributed by atoms with Crippen molar-refractivity contribution in [2.75, 3.05) is 0 Å². The summed E-state index contributed by atoms with van der Waals surface area (Å²) in [5.41, 5.74) is 0.243. The van der Waals surface area contributed by atoms with E-state index in [1.54, 1.807) is 36.7 Å². The number of pyridine rings is 2. The number of nitrogens with one attached hydrogen (secondary N) is 1. The number of carbonyl (C=O) groups is 1. The summed E-state index contributed by atoms with van der Waals surface area (Å²) < 4.78 is 2.43. The van der Waals surface area contributed by atoms with Crippen molar-refractivity contribution in [2.24, 2.45) is 0 Å². The molecule has 4 rings (SSSR count). The maximum absolute atomic E-state index is 13.1. The molecule has 0 aliphatic heterocycles. The van der Waals surface area contributed by atoms with Gasteiger partial charge in [0.05, 0.1) is 12.1 Å². The van der Waals surface area contributed by atoms with Gasteiger partial charge in [0.15, 0.2) is 5.52 Å². The Morgan fingerprint density at radius 3 is 2.64 bits per heavy atom. The molecule has 0 spiro atoms. The number of hydrogen-bond acceptors (Lipinski definition) is 5. The minimum atomic E-state index is -0.532. The monoisotopic (exact) mass is 379 g/mol. The van der Waals surface area contributed by atoms with Crippen LogP contribution in [0, 0.1) is 0 Å². The summed E-state index contributed by atoms with van der Waals surface area (Å²) in [5.74, 6) is -0.231. The Hall–Kier alpha value is -3.29. The zero-order valence-electron chi connectivity index (χ0n) is 15.4. The fourth-order valence-corrected chi connectivity index (χ4v) is 3.70. The minimum Gasteiger partial charge on any atom is -0.352 e. The Kier molecular flexibility index (Phi) is 5.01. The predicted octanol–water partition coefficient (Wildman–Crippen LogP) is 1.06. The summed E-state index contributed by atoms with van der Waals surface area (Å²) >= 11 is 0. The zero-order valence-corrected chi connectivity index (χ0v) is 15.4. The number of nitrogens with zero attached hydrogens (tertiary/aromatic N) is 4. The summed E-state index contributed by atoms with van der Waals surface area (Å²) in [7, 11) is 0. The van der Waals surface area contributed by atoms with Gasteiger partial charge in [0.2, 0.25) is 5.91 Å². The summed E-state index contributed by atoms with van der Waals surface area (Å²) in [6.45, 7) is -0.0763. The van der Waals surface area contributed by atoms with E-state index >= 15 is 0 Å². The zero-order chi connectivity index (χ0) is 19.5. The first kappa shape index (κ1) is 18.1. The van der Waals surface area contributed by atoms with Gasteiger partial charge in [-0.1, -0.05) is 18.9 Å². The summed E-state index contributed by atoms with van der Waals surface area (Å²) in [6, 6.07) is 6.99. The first-order valence-corrected chi connectivity index (χ1v) is 9.40. The molecule has 0 radical (unpaired) electrons. The van der Waals surface area contributed by atoms with E-state index in [2.05, 4.69) is 15.3 Å². The third-order valence-corrected chi connectivity index (χ3v) is 5.07. The standard InChI is InChI=1S/C20H21N5O3/c26-17(23-15-6-1-2-7-15)13-24-16-8-4-10-22-18(16)19(27)25(20(24)28)12-14-5-3-9-21-11-14/h3-5,8-11,15H,1-2,6-7,12-13H2,(H,23,26). The second-order valence-corrected chi connectivity index (χ2v) is 7.04. The summed E-state index contributed by atoms with van der Waals surface area (Å²) in [4.78, 5) is 46.6. The van der Waals surface area contributed by atoms with Gasteiger partial charge in [-0.3, -0.25) is 23.7 Å². The number of carbonyl (C=O) groups excluding carboxylic acids is 1. The van der Waals surface area contributed by atoms with E-state index in [1.165, 1.54) is 10.8 Å². The van der Waals surface area contributed by atoms with Crippen LogP contribution in [0.25, 0.3) is 11.0 Å². The van der Waals surface area contributed by atoms with Crippen LogP contribution in [0.4, 0.5) is 0 Å². The molecule has 8 nitrogen and oxygen atoms in total. The van der Waals surface area contributed by atoms with Crippen molar-refractivity contribution in [2.45, 2.75) is 44.8 Å². The molecule has 3 aromatic heterocycles. The molecule has 1 aliphatic carbocycles. The molecule has 0 unspecified atom stereocenters. The van der Waals surface area contributed by atoms with Crippen LogP contribution in [0.3, 0.4) is 0 Å². The average molecular weight is 379 g/mol. The normalized spacial score (nSPS) is 14.4. The SMILES string of the molecule is O=C(Cn1c(=O)n(Cc2cccnc2)c(=O)c2ncccc21)NC1CCCC1. The van der Waals surface area contributed by atoms with Crippen molar-refractivity contribution in [3.8, 4) is 0 Å². The predicted molar refractivity (Wildman–Crippen MR) is 104 cm³/mol. The van der Waals surface area contributed by atoms with Gasteiger partial charge in [-0.25, -0.2) is 9.78 Å². The lowest BCUT2D eigenvalue weighted by Crippen LogP contribution is -2.44. The second-order valence-electron chi connectivity index (χ2n) is 7.04. The molecule has 1 fully saturated rings. The first-order chi connectivity index (χ1) is 13.6. The van der Waals surface area contributed by atoms with Crippen LogP contribution in [0.5, 0.6) is 0 Å². The lowest BCUT2D eigenvalue weighted by atomic mass is 10.2. The molecule has 28 heavy (non-hydrogen) atoms. The molecule has 1 N–H and O–H groups in total. The molecule has 3 aromatic rings. The Labute approximate surface area is 160 Å². The highest BCUT2D eigenvalue weighted by Crippen LogP contribution is 2.17. The summed E-state index contributed by atoms with van der Waals surface area (Å²) in [5, 5.41) is 2.99. The van der Waals surface area contributed by atoms with Crippen molar-refractivity contribution in [1.29, 1.82) is 0 Å². The molecule has 0 aromatic carbocycles. The van der Waals surface area contributed by atoms with E-state index in [0.717, 1.165) is 35.8 Å². The van der Waals surface area contributed by atoms with E-state index < -0.39 is 11.2 Å². The quantitative estimate of drug-likeness (QED) is 0.715. The van der Waals surface area contributed by atoms with Crippen LogP contribution in [-0.4, -0.2) is 31.1 Å². The van der Waals surface area contributed by atoms with Gasteiger partial charge in [0, 0.05) is 24.6 Å². The fourth-order valence-electron chi connectivity index (χ4n) is 3.70. The highest BCUT2D eigenvalue weighted by atomic mass is 16.2. The van der Waals surface area contributed by atoms with Gasteiger partial charge in [0.1, 0.15) is 6.54 Å². The van der Waals surface area contributed by atoms with Crippen LogP contribution >= 0.6 is 0 Å². The molecule has 0 bridgehead atoms. The average Bonchev–Trinajstić information content (AvgIpc) is 3.22. The van der Waals surface area contributed by atoms with Gasteiger partial charge >= 0.3 is 5.69 Å². The molecular formula is C20H21N5O3. The second kappa shape index (κ2) is 7.75. The molecule has 0 saturated heterocycles. The molecule has 1 aliphatic rings. The highest BCUT2D eigenvalue weighted by molar-refractivity contribution is 5.79. The van der Waals surface area contributed by atoms with Crippen LogP contribution in [0.15, 0.2) is 52.4 Å². The number of amides is 1. The van der Waals surface area contributed by atoms with E-state index in [-0.39, 0.29) is 30.6 Å². The van der Waals surface area contributed by atoms with Gasteiger partial charge in [-0.05, 0) is 36.6 Å². The Morgan fingerprint density at radius 2 is 1.89 bits per heavy atom. The third kappa shape index (κ3) is 3.58. The number of fused-ring (bicyclic) bond motifs is 1. The van der Waals surface area contributed by atoms with Crippen LogP contribution < -0.4 is 16.6 Å². The largest absolute Gasteiger partial charge is 0.352 e. The van der Waals surface area contributed by atoms with Gasteiger partial charge in [-0.15, -0.1) is 0 Å². The highest BCUT2D eigenvalue weighted by Gasteiger charge is 2.20. The maximum Gasteiger partial charge on any atom is 0.332 e. The molecule has 0 atom stereocenters. The van der Waals surface area contributed by atoms with Gasteiger partial charge in [-0.2, -0.15) is 0 Å². The van der Waals surface area contributed by atoms with E-state index in [9.17, 15) is 14.4 Å². The Balaban J connectivity index is 1.75. The van der Waals surface area contributed by atoms with Crippen LogP contribution in [0.1, 0.15) is 31.2 Å². The molecule has 3 heterocycles. The van der Waals surface area contributed by atoms with Crippen LogP contribution in [0.2, 0.25) is 0 Å². The van der Waals surface area contributed by atoms with Crippen molar-refractivity contribution in [3.05, 3.63) is 69.3 Å². The van der Waals surface area contributed by atoms with E-state index in [1.807, 2.05) is 0 Å². The van der Waals surface area contributed by atoms with Crippen LogP contribution in [-0.2, 0) is 17.9 Å². The number of hydrogen-bond donors (Lipinski definition) is 1. The van der Waals surface area contributed by atoms with Crippen molar-refractivity contribution in [3.63, 3.8) is 0 Å². The van der Waals surface area contributed by atoms with Crippen molar-refractivity contribution < 1.29 is 4.79 Å². The van der Waals surface area contributed by atoms with Gasteiger partial charge < -0.3 is 5.32 Å². The summed E-state index contributed by atoms with van der Waals surface area (Å²) in [6.07, 6.45) is 8.87. The topological polar surface area (TPSA) is 98.9 Å². The van der Waals surface area contributed by atoms with E-state index in [0.29, 0.717) is 5.52 Å². The Bertz CT molecular complexity index is 1110. The Morgan fingerprint density at radius 1 is 1.11 bits per heavy atom. The lowest BCUT2D eigenvalue weighted by molar-refractivity contribution is -0.122. The smallest absolute Gasteiger partial charge is 0.332 e. The third-order valence-electron chi connectivity index (χ3n) is 5.07. The molecule has 1 amide bonds. The minimum absolute atomic E-state index is 0.0717. The number of aromatic nitrogens is 4. The molecule has 8 heteroatoms. The molecular weight excluding hydrogens is 358 g/mol. The number of rotatable bonds is 5. The van der Waals surface area contributed by atoms with Crippen molar-refractivity contribution in [1.82, 2.24) is 24.4 Å². The van der Waals surface area contributed by atoms with Crippen molar-refractivity contribution >= 4 is 16.9 Å². The molecule has 144 valence electrons.